The first-order valence-electron chi connectivity index (χ1n) is 4.56. The van der Waals surface area contributed by atoms with Crippen LogP contribution in [0.25, 0.3) is 0 Å². The summed E-state index contributed by atoms with van der Waals surface area (Å²) < 4.78 is 0. The highest BCUT2D eigenvalue weighted by Gasteiger charge is 2.13. The second-order valence-corrected chi connectivity index (χ2v) is 3.02. The van der Waals surface area contributed by atoms with Crippen LogP contribution in [0, 0.1) is 5.92 Å². The van der Waals surface area contributed by atoms with Gasteiger partial charge in [0.2, 0.25) is 0 Å². The van der Waals surface area contributed by atoms with E-state index in [1.54, 1.807) is 0 Å². The molecule has 0 aromatic heterocycles. The number of carboxylic acids is 1. The lowest BCUT2D eigenvalue weighted by Crippen LogP contribution is -2.12. The van der Waals surface area contributed by atoms with Gasteiger partial charge in [-0.25, -0.2) is 0 Å². The van der Waals surface area contributed by atoms with E-state index < -0.39 is 5.97 Å². The van der Waals surface area contributed by atoms with Crippen molar-refractivity contribution in [2.75, 3.05) is 0 Å². The number of allylic oxidation sites excluding steroid dienone is 1. The monoisotopic (exact) mass is 170 g/mol. The minimum absolute atomic E-state index is 0.144. The molecule has 1 atom stereocenters. The number of unbranched alkanes of at least 4 members (excludes halogenated alkanes) is 2. The number of rotatable bonds is 7. The zero-order valence-electron chi connectivity index (χ0n) is 7.75. The molecule has 0 unspecified atom stereocenters. The van der Waals surface area contributed by atoms with Crippen molar-refractivity contribution in [3.63, 3.8) is 0 Å². The third kappa shape index (κ3) is 4.94. The van der Waals surface area contributed by atoms with Crippen LogP contribution >= 0.6 is 0 Å². The summed E-state index contributed by atoms with van der Waals surface area (Å²) in [6.07, 6.45) is 6.48. The molecule has 0 radical (unpaired) electrons. The highest BCUT2D eigenvalue weighted by molar-refractivity contribution is 5.69. The van der Waals surface area contributed by atoms with Gasteiger partial charge < -0.3 is 5.11 Å². The number of hydrogen-bond donors (Lipinski definition) is 1. The third-order valence-corrected chi connectivity index (χ3v) is 2.05. The van der Waals surface area contributed by atoms with Crippen molar-refractivity contribution in [3.05, 3.63) is 12.7 Å². The van der Waals surface area contributed by atoms with E-state index in [-0.39, 0.29) is 5.92 Å². The smallest absolute Gasteiger partial charge is 0.306 e. The molecular weight excluding hydrogens is 152 g/mol. The number of carbonyl (C=O) groups is 1. The Morgan fingerprint density at radius 2 is 2.25 bits per heavy atom. The molecule has 0 fully saturated rings. The van der Waals surface area contributed by atoms with E-state index in [2.05, 4.69) is 6.58 Å². The summed E-state index contributed by atoms with van der Waals surface area (Å²) in [6, 6.07) is 0. The maximum absolute atomic E-state index is 10.6. The normalized spacial score (nSPS) is 12.4. The lowest BCUT2D eigenvalue weighted by Gasteiger charge is -2.07. The first-order chi connectivity index (χ1) is 5.72. The molecule has 2 nitrogen and oxygen atoms in total. The van der Waals surface area contributed by atoms with E-state index in [0.717, 1.165) is 32.1 Å². The van der Waals surface area contributed by atoms with Gasteiger partial charge in [-0.3, -0.25) is 4.79 Å². The maximum Gasteiger partial charge on any atom is 0.306 e. The van der Waals surface area contributed by atoms with Crippen molar-refractivity contribution < 1.29 is 9.90 Å². The first kappa shape index (κ1) is 11.2. The van der Waals surface area contributed by atoms with Crippen LogP contribution in [-0.2, 0) is 4.79 Å². The molecule has 1 N–H and O–H groups in total. The fourth-order valence-corrected chi connectivity index (χ4v) is 1.18. The highest BCUT2D eigenvalue weighted by Crippen LogP contribution is 2.13. The van der Waals surface area contributed by atoms with Gasteiger partial charge in [-0.1, -0.05) is 19.4 Å². The highest BCUT2D eigenvalue weighted by atomic mass is 16.4. The Kier molecular flexibility index (Phi) is 6.44. The van der Waals surface area contributed by atoms with Crippen LogP contribution in [0.2, 0.25) is 0 Å². The fourth-order valence-electron chi connectivity index (χ4n) is 1.18. The number of aliphatic carboxylic acids is 1. The molecule has 0 saturated heterocycles. The lowest BCUT2D eigenvalue weighted by atomic mass is 9.99. The topological polar surface area (TPSA) is 37.3 Å². The van der Waals surface area contributed by atoms with E-state index in [0.29, 0.717) is 0 Å². The molecule has 0 aromatic carbocycles. The minimum atomic E-state index is -0.656. The molecule has 0 heterocycles. The summed E-state index contributed by atoms with van der Waals surface area (Å²) >= 11 is 0. The largest absolute Gasteiger partial charge is 0.481 e. The molecule has 0 amide bonds. The van der Waals surface area contributed by atoms with Crippen LogP contribution in [0.1, 0.15) is 39.0 Å². The van der Waals surface area contributed by atoms with E-state index >= 15 is 0 Å². The van der Waals surface area contributed by atoms with Crippen molar-refractivity contribution in [1.29, 1.82) is 0 Å². The maximum atomic E-state index is 10.6. The second-order valence-electron chi connectivity index (χ2n) is 3.02. The standard InChI is InChI=1S/C10H18O2/c1-3-5-6-7-8-9(4-2)10(11)12/h3,9H,1,4-8H2,2H3,(H,11,12)/t9-/m0/s1. The van der Waals surface area contributed by atoms with Gasteiger partial charge in [0.05, 0.1) is 5.92 Å². The van der Waals surface area contributed by atoms with Crippen LogP contribution in [-0.4, -0.2) is 11.1 Å². The van der Waals surface area contributed by atoms with E-state index in [9.17, 15) is 4.79 Å². The summed E-state index contributed by atoms with van der Waals surface area (Å²) in [7, 11) is 0. The Hall–Kier alpha value is -0.790. The molecule has 0 rings (SSSR count). The molecule has 0 spiro atoms. The average Bonchev–Trinajstić information content (AvgIpc) is 2.04. The molecule has 0 aliphatic rings. The van der Waals surface area contributed by atoms with Crippen molar-refractivity contribution in [3.8, 4) is 0 Å². The Labute approximate surface area is 74.3 Å². The van der Waals surface area contributed by atoms with Crippen LogP contribution in [0.4, 0.5) is 0 Å². The second kappa shape index (κ2) is 6.89. The summed E-state index contributed by atoms with van der Waals surface area (Å²) in [5.41, 5.74) is 0. The number of hydrogen-bond acceptors (Lipinski definition) is 1. The van der Waals surface area contributed by atoms with Crippen LogP contribution in [0.5, 0.6) is 0 Å². The van der Waals surface area contributed by atoms with Gasteiger partial charge in [0.25, 0.3) is 0 Å². The Morgan fingerprint density at radius 3 is 2.67 bits per heavy atom. The van der Waals surface area contributed by atoms with Gasteiger partial charge in [-0.15, -0.1) is 6.58 Å². The van der Waals surface area contributed by atoms with Crippen molar-refractivity contribution >= 4 is 5.97 Å². The summed E-state index contributed by atoms with van der Waals surface area (Å²) in [4.78, 5) is 10.6. The molecule has 0 aliphatic carbocycles. The Morgan fingerprint density at radius 1 is 1.58 bits per heavy atom. The molecule has 12 heavy (non-hydrogen) atoms. The Bertz CT molecular complexity index is 141. The van der Waals surface area contributed by atoms with E-state index in [1.165, 1.54) is 0 Å². The SMILES string of the molecule is C=CCCCC[C@H](CC)C(=O)O. The summed E-state index contributed by atoms with van der Waals surface area (Å²) in [5.74, 6) is -0.800. The fraction of sp³-hybridized carbons (Fsp3) is 0.700. The van der Waals surface area contributed by atoms with E-state index in [4.69, 9.17) is 5.11 Å². The molecule has 0 saturated carbocycles. The molecule has 0 aromatic rings. The van der Waals surface area contributed by atoms with Gasteiger partial charge in [-0.05, 0) is 25.7 Å². The molecule has 70 valence electrons. The zero-order valence-corrected chi connectivity index (χ0v) is 7.75. The van der Waals surface area contributed by atoms with Gasteiger partial charge in [0.15, 0.2) is 0 Å². The van der Waals surface area contributed by atoms with Crippen molar-refractivity contribution in [2.45, 2.75) is 39.0 Å². The van der Waals surface area contributed by atoms with Gasteiger partial charge in [-0.2, -0.15) is 0 Å². The first-order valence-corrected chi connectivity index (χ1v) is 4.56. The van der Waals surface area contributed by atoms with Crippen molar-refractivity contribution in [2.24, 2.45) is 5.92 Å². The summed E-state index contributed by atoms with van der Waals surface area (Å²) in [5, 5.41) is 8.71. The van der Waals surface area contributed by atoms with E-state index in [1.807, 2.05) is 13.0 Å². The lowest BCUT2D eigenvalue weighted by molar-refractivity contribution is -0.142. The predicted molar refractivity (Wildman–Crippen MR) is 50.1 cm³/mol. The van der Waals surface area contributed by atoms with Crippen molar-refractivity contribution in [1.82, 2.24) is 0 Å². The zero-order chi connectivity index (χ0) is 9.40. The Balaban J connectivity index is 3.44. The minimum Gasteiger partial charge on any atom is -0.481 e. The quantitative estimate of drug-likeness (QED) is 0.471. The third-order valence-electron chi connectivity index (χ3n) is 2.05. The number of carboxylic acid groups (broad SMARTS) is 1. The predicted octanol–water partition coefficient (Wildman–Crippen LogP) is 2.84. The van der Waals surface area contributed by atoms with Crippen LogP contribution in [0.3, 0.4) is 0 Å². The average molecular weight is 170 g/mol. The molecular formula is C10H18O2. The van der Waals surface area contributed by atoms with Gasteiger partial charge >= 0.3 is 5.97 Å². The molecule has 2 heteroatoms. The molecule has 0 aliphatic heterocycles. The van der Waals surface area contributed by atoms with Gasteiger partial charge in [0, 0.05) is 0 Å². The van der Waals surface area contributed by atoms with Gasteiger partial charge in [0.1, 0.15) is 0 Å². The summed E-state index contributed by atoms with van der Waals surface area (Å²) in [6.45, 7) is 5.54. The molecule has 0 bridgehead atoms. The van der Waals surface area contributed by atoms with Crippen LogP contribution < -0.4 is 0 Å². The van der Waals surface area contributed by atoms with Crippen LogP contribution in [0.15, 0.2) is 12.7 Å².